The summed E-state index contributed by atoms with van der Waals surface area (Å²) in [5.74, 6) is -1.15. The summed E-state index contributed by atoms with van der Waals surface area (Å²) in [6, 6.07) is 4.30. The monoisotopic (exact) mass is 310 g/mol. The number of benzene rings is 1. The Morgan fingerprint density at radius 3 is 2.55 bits per heavy atom. The second kappa shape index (κ2) is 6.78. The Bertz CT molecular complexity index is 581. The van der Waals surface area contributed by atoms with Crippen LogP contribution in [0.4, 0.5) is 0 Å². The molecule has 7 nitrogen and oxygen atoms in total. The molecule has 0 radical (unpaired) electrons. The summed E-state index contributed by atoms with van der Waals surface area (Å²) in [4.78, 5) is 11.8. The summed E-state index contributed by atoms with van der Waals surface area (Å²) < 4.78 is 5.03. The van der Waals surface area contributed by atoms with E-state index in [1.165, 1.54) is 18.2 Å². The van der Waals surface area contributed by atoms with Crippen LogP contribution in [0.5, 0.6) is 11.5 Å². The summed E-state index contributed by atoms with van der Waals surface area (Å²) in [5.41, 5.74) is 0.787. The van der Waals surface area contributed by atoms with Crippen molar-refractivity contribution in [2.45, 2.75) is 31.2 Å². The maximum Gasteiger partial charge on any atom is 0.333 e. The molecule has 22 heavy (non-hydrogen) atoms. The third-order valence-electron chi connectivity index (χ3n) is 3.47. The molecule has 0 aliphatic heterocycles. The first-order valence-corrected chi connectivity index (χ1v) is 6.81. The predicted molar refractivity (Wildman–Crippen MR) is 75.2 cm³/mol. The van der Waals surface area contributed by atoms with E-state index in [4.69, 9.17) is 4.74 Å². The number of aliphatic hydroxyl groups is 3. The molecule has 0 spiro atoms. The Morgan fingerprint density at radius 1 is 1.18 bits per heavy atom. The topological polar surface area (TPSA) is 127 Å². The first-order valence-electron chi connectivity index (χ1n) is 6.81. The molecule has 7 heteroatoms. The maximum absolute atomic E-state index is 11.8. The number of hydrogen-bond acceptors (Lipinski definition) is 7. The minimum Gasteiger partial charge on any atom is -0.504 e. The number of hydrogen-bond donors (Lipinski definition) is 5. The van der Waals surface area contributed by atoms with Crippen LogP contribution in [0.25, 0.3) is 0 Å². The fourth-order valence-electron chi connectivity index (χ4n) is 2.18. The lowest BCUT2D eigenvalue weighted by Gasteiger charge is -2.26. The zero-order valence-electron chi connectivity index (χ0n) is 11.7. The van der Waals surface area contributed by atoms with Crippen LogP contribution >= 0.6 is 0 Å². The van der Waals surface area contributed by atoms with Gasteiger partial charge in [-0.3, -0.25) is 0 Å². The van der Waals surface area contributed by atoms with Crippen LogP contribution in [-0.2, 0) is 16.0 Å². The number of esters is 1. The molecule has 2 rings (SSSR count). The molecular weight excluding hydrogens is 292 g/mol. The Morgan fingerprint density at radius 2 is 1.91 bits per heavy atom. The van der Waals surface area contributed by atoms with Gasteiger partial charge in [0.05, 0.1) is 12.7 Å². The van der Waals surface area contributed by atoms with Crippen LogP contribution < -0.4 is 0 Å². The summed E-state index contributed by atoms with van der Waals surface area (Å²) in [6.45, 7) is 0.0368. The number of aromatic hydroxyl groups is 2. The first-order chi connectivity index (χ1) is 10.4. The van der Waals surface area contributed by atoms with E-state index in [2.05, 4.69) is 0 Å². The molecular formula is C15H18O7. The number of ether oxygens (including phenoxy) is 1. The van der Waals surface area contributed by atoms with Gasteiger partial charge < -0.3 is 30.3 Å². The minimum absolute atomic E-state index is 0.0368. The highest BCUT2D eigenvalue weighted by molar-refractivity contribution is 5.88. The van der Waals surface area contributed by atoms with Gasteiger partial charge in [-0.05, 0) is 23.8 Å². The number of carbonyl (C=O) groups excluding carboxylic acids is 1. The molecule has 3 atom stereocenters. The molecule has 0 amide bonds. The number of rotatable bonds is 4. The van der Waals surface area contributed by atoms with E-state index in [1.807, 2.05) is 0 Å². The standard InChI is InChI=1S/C15H18O7/c16-10-2-1-8(5-11(10)17)3-4-22-15(21)9-6-12(18)14(20)13(19)7-9/h1-2,5-6,12-14,16-20H,3-4,7H2/t12-,13-,14-/m1/s1. The van der Waals surface area contributed by atoms with Gasteiger partial charge in [0.1, 0.15) is 12.2 Å². The molecule has 0 aromatic heterocycles. The number of carbonyl (C=O) groups is 1. The van der Waals surface area contributed by atoms with Crippen LogP contribution in [0, 0.1) is 0 Å². The summed E-state index contributed by atoms with van der Waals surface area (Å²) >= 11 is 0. The predicted octanol–water partition coefficient (Wildman–Crippen LogP) is -0.404. The first kappa shape index (κ1) is 16.3. The van der Waals surface area contributed by atoms with Gasteiger partial charge in [-0.15, -0.1) is 0 Å². The molecule has 1 aliphatic carbocycles. The Kier molecular flexibility index (Phi) is 5.02. The highest BCUT2D eigenvalue weighted by Gasteiger charge is 2.32. The average molecular weight is 310 g/mol. The van der Waals surface area contributed by atoms with Gasteiger partial charge in [-0.25, -0.2) is 4.79 Å². The molecule has 1 aliphatic rings. The zero-order chi connectivity index (χ0) is 16.3. The van der Waals surface area contributed by atoms with Crippen LogP contribution in [0.1, 0.15) is 12.0 Å². The smallest absolute Gasteiger partial charge is 0.333 e. The fourth-order valence-corrected chi connectivity index (χ4v) is 2.18. The molecule has 0 saturated carbocycles. The van der Waals surface area contributed by atoms with Crippen molar-refractivity contribution in [2.24, 2.45) is 0 Å². The van der Waals surface area contributed by atoms with Crippen molar-refractivity contribution >= 4 is 5.97 Å². The summed E-state index contributed by atoms with van der Waals surface area (Å²) in [5, 5.41) is 46.9. The van der Waals surface area contributed by atoms with Gasteiger partial charge in [0.15, 0.2) is 11.5 Å². The molecule has 1 aromatic rings. The third kappa shape index (κ3) is 3.76. The average Bonchev–Trinajstić information content (AvgIpc) is 2.47. The van der Waals surface area contributed by atoms with E-state index in [1.54, 1.807) is 6.07 Å². The van der Waals surface area contributed by atoms with Gasteiger partial charge in [0, 0.05) is 18.4 Å². The van der Waals surface area contributed by atoms with Crippen molar-refractivity contribution in [2.75, 3.05) is 6.61 Å². The lowest BCUT2D eigenvalue weighted by molar-refractivity contribution is -0.140. The van der Waals surface area contributed by atoms with Gasteiger partial charge >= 0.3 is 5.97 Å². The Balaban J connectivity index is 1.88. The van der Waals surface area contributed by atoms with Crippen LogP contribution in [0.2, 0.25) is 0 Å². The lowest BCUT2D eigenvalue weighted by Crippen LogP contribution is -2.41. The maximum atomic E-state index is 11.8. The van der Waals surface area contributed by atoms with Gasteiger partial charge in [-0.1, -0.05) is 6.07 Å². The molecule has 0 bridgehead atoms. The van der Waals surface area contributed by atoms with Gasteiger partial charge in [0.25, 0.3) is 0 Å². The van der Waals surface area contributed by atoms with Crippen LogP contribution in [-0.4, -0.2) is 56.4 Å². The van der Waals surface area contributed by atoms with Crippen LogP contribution in [0.3, 0.4) is 0 Å². The van der Waals surface area contributed by atoms with Crippen molar-refractivity contribution in [3.8, 4) is 11.5 Å². The van der Waals surface area contributed by atoms with E-state index in [0.29, 0.717) is 12.0 Å². The van der Waals surface area contributed by atoms with E-state index < -0.39 is 24.3 Å². The van der Waals surface area contributed by atoms with E-state index in [-0.39, 0.29) is 30.1 Å². The van der Waals surface area contributed by atoms with E-state index >= 15 is 0 Å². The Labute approximate surface area is 126 Å². The molecule has 0 saturated heterocycles. The second-order valence-corrected chi connectivity index (χ2v) is 5.15. The summed E-state index contributed by atoms with van der Waals surface area (Å²) in [6.07, 6.45) is -2.41. The van der Waals surface area contributed by atoms with Crippen molar-refractivity contribution in [1.82, 2.24) is 0 Å². The highest BCUT2D eigenvalue weighted by Crippen LogP contribution is 2.25. The highest BCUT2D eigenvalue weighted by atomic mass is 16.5. The third-order valence-corrected chi connectivity index (χ3v) is 3.47. The normalized spacial score (nSPS) is 24.7. The Hall–Kier alpha value is -2.09. The van der Waals surface area contributed by atoms with E-state index in [9.17, 15) is 30.3 Å². The van der Waals surface area contributed by atoms with Crippen LogP contribution in [0.15, 0.2) is 29.8 Å². The number of phenolic OH excluding ortho intramolecular Hbond substituents is 2. The quantitative estimate of drug-likeness (QED) is 0.378. The van der Waals surface area contributed by atoms with Crippen molar-refractivity contribution in [1.29, 1.82) is 0 Å². The molecule has 5 N–H and O–H groups in total. The molecule has 120 valence electrons. The molecule has 1 aromatic carbocycles. The largest absolute Gasteiger partial charge is 0.504 e. The van der Waals surface area contributed by atoms with E-state index in [0.717, 1.165) is 0 Å². The minimum atomic E-state index is -1.31. The molecule has 0 fully saturated rings. The van der Waals surface area contributed by atoms with Crippen molar-refractivity contribution in [3.05, 3.63) is 35.4 Å². The fraction of sp³-hybridized carbons (Fsp3) is 0.400. The lowest BCUT2D eigenvalue weighted by atomic mass is 9.92. The van der Waals surface area contributed by atoms with Crippen molar-refractivity contribution in [3.63, 3.8) is 0 Å². The van der Waals surface area contributed by atoms with Crippen molar-refractivity contribution < 1.29 is 35.1 Å². The SMILES string of the molecule is O=C(OCCc1ccc(O)c(O)c1)C1=C[C@@H](O)[C@@H](O)[C@H](O)C1. The number of aliphatic hydroxyl groups excluding tert-OH is 3. The van der Waals surface area contributed by atoms with Gasteiger partial charge in [0.2, 0.25) is 0 Å². The molecule has 0 unspecified atom stereocenters. The van der Waals surface area contributed by atoms with Gasteiger partial charge in [-0.2, -0.15) is 0 Å². The zero-order valence-corrected chi connectivity index (χ0v) is 11.7. The second-order valence-electron chi connectivity index (χ2n) is 5.15. The number of phenols is 2. The molecule has 0 heterocycles. The summed E-state index contributed by atoms with van der Waals surface area (Å²) in [7, 11) is 0.